The summed E-state index contributed by atoms with van der Waals surface area (Å²) in [6.07, 6.45) is 11.5. The van der Waals surface area contributed by atoms with Crippen molar-refractivity contribution in [3.8, 4) is 0 Å². The monoisotopic (exact) mass is 449 g/mol. The Balaban J connectivity index is 3.44. The number of esters is 1. The molecule has 31 heavy (non-hydrogen) atoms. The molecule has 0 fully saturated rings. The standard InChI is InChI=1S/C24H48O7/c1-2-3-4-5-6-7-8-9-10-11-12-13-14-15-16-17-22(28)31-19-21(27)24(30)23(29)20(26)18-25/h20-21,23-27,29-30H,2-19H2,1H3/t20-,21+,23+,24+/m0/s1/i1D. The maximum absolute atomic E-state index is 11.7. The fraction of sp³-hybridized carbons (Fsp3) is 0.958. The molecule has 0 aromatic carbocycles. The molecule has 4 atom stereocenters. The third-order valence-corrected chi connectivity index (χ3v) is 5.62. The molecule has 0 aromatic heterocycles. The van der Waals surface area contributed by atoms with Gasteiger partial charge in [0.2, 0.25) is 0 Å². The highest BCUT2D eigenvalue weighted by molar-refractivity contribution is 5.69. The highest BCUT2D eigenvalue weighted by Gasteiger charge is 2.30. The first kappa shape index (κ1) is 28.3. The average Bonchev–Trinajstić information content (AvgIpc) is 2.80. The van der Waals surface area contributed by atoms with Crippen molar-refractivity contribution in [1.82, 2.24) is 0 Å². The second-order valence-corrected chi connectivity index (χ2v) is 8.53. The Kier molecular flexibility index (Phi) is 19.3. The maximum Gasteiger partial charge on any atom is 0.305 e. The van der Waals surface area contributed by atoms with Gasteiger partial charge in [-0.15, -0.1) is 0 Å². The molecule has 0 amide bonds. The average molecular weight is 450 g/mol. The van der Waals surface area contributed by atoms with Gasteiger partial charge in [-0.2, -0.15) is 0 Å². The largest absolute Gasteiger partial charge is 0.463 e. The first-order valence-corrected chi connectivity index (χ1v) is 12.2. The van der Waals surface area contributed by atoms with E-state index < -0.39 is 43.6 Å². The first-order valence-electron chi connectivity index (χ1n) is 12.9. The molecule has 0 aromatic rings. The number of aliphatic hydroxyl groups is 5. The molecule has 186 valence electrons. The second-order valence-electron chi connectivity index (χ2n) is 8.53. The van der Waals surface area contributed by atoms with E-state index in [0.717, 1.165) is 19.3 Å². The van der Waals surface area contributed by atoms with Crippen LogP contribution in [0.15, 0.2) is 0 Å². The van der Waals surface area contributed by atoms with Gasteiger partial charge in [-0.3, -0.25) is 4.79 Å². The molecule has 0 bridgehead atoms. The lowest BCUT2D eigenvalue weighted by atomic mass is 10.0. The summed E-state index contributed by atoms with van der Waals surface area (Å²) in [6.45, 7) is -0.656. The van der Waals surface area contributed by atoms with Crippen molar-refractivity contribution in [3.63, 3.8) is 0 Å². The predicted octanol–water partition coefficient (Wildman–Crippen LogP) is 3.23. The fourth-order valence-corrected chi connectivity index (χ4v) is 3.48. The zero-order chi connectivity index (χ0) is 24.0. The van der Waals surface area contributed by atoms with Gasteiger partial charge in [0.05, 0.1) is 6.61 Å². The van der Waals surface area contributed by atoms with E-state index in [0.29, 0.717) is 13.3 Å². The van der Waals surface area contributed by atoms with Crippen LogP contribution in [-0.4, -0.2) is 69.1 Å². The van der Waals surface area contributed by atoms with E-state index >= 15 is 0 Å². The van der Waals surface area contributed by atoms with E-state index in [4.69, 9.17) is 11.2 Å². The first-order chi connectivity index (χ1) is 15.4. The molecule has 0 saturated carbocycles. The van der Waals surface area contributed by atoms with Crippen LogP contribution in [0.3, 0.4) is 0 Å². The van der Waals surface area contributed by atoms with Gasteiger partial charge in [0.1, 0.15) is 31.0 Å². The van der Waals surface area contributed by atoms with Crippen LogP contribution in [0.1, 0.15) is 111 Å². The highest BCUT2D eigenvalue weighted by Crippen LogP contribution is 2.14. The molecule has 0 radical (unpaired) electrons. The highest BCUT2D eigenvalue weighted by atomic mass is 16.5. The molecule has 0 spiro atoms. The number of hydrogen-bond donors (Lipinski definition) is 5. The van der Waals surface area contributed by atoms with Gasteiger partial charge in [0.15, 0.2) is 0 Å². The minimum atomic E-state index is -1.72. The summed E-state index contributed by atoms with van der Waals surface area (Å²) in [5.74, 6) is -0.468. The Morgan fingerprint density at radius 1 is 0.710 bits per heavy atom. The predicted molar refractivity (Wildman–Crippen MR) is 122 cm³/mol. The van der Waals surface area contributed by atoms with Crippen molar-refractivity contribution in [1.29, 1.82) is 0 Å². The van der Waals surface area contributed by atoms with Crippen LogP contribution < -0.4 is 0 Å². The molecule has 0 rings (SSSR count). The maximum atomic E-state index is 11.7. The molecule has 7 nitrogen and oxygen atoms in total. The van der Waals surface area contributed by atoms with Gasteiger partial charge < -0.3 is 30.3 Å². The summed E-state index contributed by atoms with van der Waals surface area (Å²) >= 11 is 0. The summed E-state index contributed by atoms with van der Waals surface area (Å²) in [6, 6.07) is 0. The van der Waals surface area contributed by atoms with Crippen molar-refractivity contribution >= 4 is 5.97 Å². The molecule has 5 N–H and O–H groups in total. The molecular formula is C24H48O7. The van der Waals surface area contributed by atoms with Crippen molar-refractivity contribution in [3.05, 3.63) is 0 Å². The number of aliphatic hydroxyl groups excluding tert-OH is 5. The zero-order valence-electron chi connectivity index (χ0n) is 20.3. The molecular weight excluding hydrogens is 400 g/mol. The fourth-order valence-electron chi connectivity index (χ4n) is 3.48. The number of hydrogen-bond acceptors (Lipinski definition) is 7. The lowest BCUT2D eigenvalue weighted by Gasteiger charge is -2.25. The van der Waals surface area contributed by atoms with Gasteiger partial charge >= 0.3 is 5.97 Å². The molecule has 0 aliphatic rings. The molecule has 0 saturated heterocycles. The van der Waals surface area contributed by atoms with E-state index in [1.165, 1.54) is 70.6 Å². The lowest BCUT2D eigenvalue weighted by molar-refractivity contribution is -0.156. The summed E-state index contributed by atoms with van der Waals surface area (Å²) in [7, 11) is 0. The van der Waals surface area contributed by atoms with Crippen LogP contribution in [0.25, 0.3) is 0 Å². The number of ether oxygens (including phenoxy) is 1. The van der Waals surface area contributed by atoms with Crippen LogP contribution in [0.4, 0.5) is 0 Å². The van der Waals surface area contributed by atoms with Crippen LogP contribution in [-0.2, 0) is 9.53 Å². The Morgan fingerprint density at radius 2 is 1.13 bits per heavy atom. The summed E-state index contributed by atoms with van der Waals surface area (Å²) < 4.78 is 12.0. The number of rotatable bonds is 22. The van der Waals surface area contributed by atoms with Crippen molar-refractivity contribution < 1.29 is 36.4 Å². The van der Waals surface area contributed by atoms with Crippen LogP contribution in [0, 0.1) is 0 Å². The van der Waals surface area contributed by atoms with Gasteiger partial charge in [0.25, 0.3) is 0 Å². The number of carbonyl (C=O) groups excluding carboxylic acids is 1. The SMILES string of the molecule is [2H]CCCCCCCCCCCCCCCCCC(=O)OC[C@@H](O)[C@@H](O)[C@H](O)[C@@H](O)CO. The van der Waals surface area contributed by atoms with Crippen LogP contribution in [0.5, 0.6) is 0 Å². The van der Waals surface area contributed by atoms with Gasteiger partial charge in [-0.25, -0.2) is 0 Å². The smallest absolute Gasteiger partial charge is 0.305 e. The van der Waals surface area contributed by atoms with E-state index in [2.05, 4.69) is 0 Å². The Hall–Kier alpha value is -0.730. The summed E-state index contributed by atoms with van der Waals surface area (Å²) in [4.78, 5) is 11.7. The molecule has 0 aliphatic heterocycles. The molecule has 7 heteroatoms. The minimum absolute atomic E-state index is 0.244. The number of unbranched alkanes of at least 4 members (excludes halogenated alkanes) is 14. The van der Waals surface area contributed by atoms with Gasteiger partial charge in [0, 0.05) is 7.79 Å². The van der Waals surface area contributed by atoms with Gasteiger partial charge in [-0.05, 0) is 6.42 Å². The van der Waals surface area contributed by atoms with E-state index in [1.54, 1.807) is 0 Å². The molecule has 0 aliphatic carbocycles. The van der Waals surface area contributed by atoms with E-state index in [1.807, 2.05) is 0 Å². The topological polar surface area (TPSA) is 127 Å². The normalized spacial score (nSPS) is 15.8. The number of carbonyl (C=O) groups is 1. The van der Waals surface area contributed by atoms with Gasteiger partial charge in [-0.1, -0.05) is 96.8 Å². The van der Waals surface area contributed by atoms with Crippen LogP contribution in [0.2, 0.25) is 0 Å². The quantitative estimate of drug-likeness (QED) is 0.127. The Bertz CT molecular complexity index is 425. The minimum Gasteiger partial charge on any atom is -0.463 e. The second kappa shape index (κ2) is 21.1. The zero-order valence-corrected chi connectivity index (χ0v) is 19.3. The van der Waals surface area contributed by atoms with E-state index in [-0.39, 0.29) is 6.42 Å². The third kappa shape index (κ3) is 17.5. The van der Waals surface area contributed by atoms with Crippen LogP contribution >= 0.6 is 0 Å². The van der Waals surface area contributed by atoms with Crippen molar-refractivity contribution in [2.24, 2.45) is 0 Å². The third-order valence-electron chi connectivity index (χ3n) is 5.62. The van der Waals surface area contributed by atoms with E-state index in [9.17, 15) is 25.2 Å². The molecule has 0 unspecified atom stereocenters. The molecule has 0 heterocycles. The van der Waals surface area contributed by atoms with Crippen molar-refractivity contribution in [2.75, 3.05) is 13.2 Å². The lowest BCUT2D eigenvalue weighted by Crippen LogP contribution is -2.47. The van der Waals surface area contributed by atoms with Crippen molar-refractivity contribution in [2.45, 2.75) is 134 Å². The Morgan fingerprint density at radius 3 is 1.58 bits per heavy atom. The summed E-state index contributed by atoms with van der Waals surface area (Å²) in [5, 5.41) is 46.9. The Labute approximate surface area is 190 Å². The summed E-state index contributed by atoms with van der Waals surface area (Å²) in [5.41, 5.74) is 0.